The minimum Gasteiger partial charge on any atom is -0.324 e. The number of hydrogen-bond donors (Lipinski definition) is 1. The van der Waals surface area contributed by atoms with Gasteiger partial charge in [0, 0.05) is 24.3 Å². The van der Waals surface area contributed by atoms with Crippen LogP contribution in [-0.4, -0.2) is 15.8 Å². The quantitative estimate of drug-likeness (QED) is 0.747. The highest BCUT2D eigenvalue weighted by Gasteiger charge is 2.02. The van der Waals surface area contributed by atoms with Crippen molar-refractivity contribution in [3.8, 4) is 0 Å². The minimum atomic E-state index is 0.111. The Hall–Kier alpha value is -1.09. The van der Waals surface area contributed by atoms with Gasteiger partial charge in [-0.25, -0.2) is 0 Å². The van der Waals surface area contributed by atoms with Gasteiger partial charge in [-0.15, -0.1) is 0 Å². The van der Waals surface area contributed by atoms with Gasteiger partial charge in [-0.3, -0.25) is 4.68 Å². The van der Waals surface area contributed by atoms with Gasteiger partial charge in [-0.1, -0.05) is 11.6 Å². The van der Waals surface area contributed by atoms with E-state index in [1.165, 1.54) is 11.3 Å². The van der Waals surface area contributed by atoms with Gasteiger partial charge in [-0.05, 0) is 20.8 Å². The molecule has 0 amide bonds. The average molecular weight is 179 g/mol. The number of aryl methyl sites for hydroxylation is 1. The van der Waals surface area contributed by atoms with Gasteiger partial charge in [0.05, 0.1) is 6.20 Å². The van der Waals surface area contributed by atoms with E-state index >= 15 is 0 Å². The molecular formula is C10H17N3. The minimum absolute atomic E-state index is 0.111. The molecule has 1 atom stereocenters. The van der Waals surface area contributed by atoms with E-state index in [4.69, 9.17) is 5.73 Å². The lowest BCUT2D eigenvalue weighted by Gasteiger charge is -2.04. The van der Waals surface area contributed by atoms with Gasteiger partial charge in [0.2, 0.25) is 0 Å². The fraction of sp³-hybridized carbons (Fsp3) is 0.500. The molecule has 1 heterocycles. The van der Waals surface area contributed by atoms with Gasteiger partial charge in [-0.2, -0.15) is 5.10 Å². The van der Waals surface area contributed by atoms with Crippen molar-refractivity contribution in [3.63, 3.8) is 0 Å². The first-order valence-corrected chi connectivity index (χ1v) is 4.44. The molecule has 0 bridgehead atoms. The molecule has 1 aromatic heterocycles. The Morgan fingerprint density at radius 2 is 2.31 bits per heavy atom. The van der Waals surface area contributed by atoms with Crippen LogP contribution in [-0.2, 0) is 7.05 Å². The van der Waals surface area contributed by atoms with Gasteiger partial charge >= 0.3 is 0 Å². The van der Waals surface area contributed by atoms with Crippen molar-refractivity contribution in [3.05, 3.63) is 23.0 Å². The number of rotatable bonds is 2. The van der Waals surface area contributed by atoms with Crippen LogP contribution in [0, 0.1) is 6.92 Å². The van der Waals surface area contributed by atoms with Crippen LogP contribution >= 0.6 is 0 Å². The molecule has 0 spiro atoms. The highest BCUT2D eigenvalue weighted by atomic mass is 15.3. The Labute approximate surface area is 79.2 Å². The molecule has 72 valence electrons. The smallest absolute Gasteiger partial charge is 0.0564 e. The molecule has 0 fully saturated rings. The number of nitrogens with zero attached hydrogens (tertiary/aromatic N) is 2. The highest BCUT2D eigenvalue weighted by molar-refractivity contribution is 5.54. The Morgan fingerprint density at radius 3 is 2.69 bits per heavy atom. The number of nitrogens with two attached hydrogens (primary N) is 1. The lowest BCUT2D eigenvalue weighted by molar-refractivity contribution is 0.740. The topological polar surface area (TPSA) is 43.8 Å². The largest absolute Gasteiger partial charge is 0.324 e. The van der Waals surface area contributed by atoms with Crippen molar-refractivity contribution in [2.45, 2.75) is 26.8 Å². The molecule has 0 saturated carbocycles. The third-order valence-corrected chi connectivity index (χ3v) is 2.37. The zero-order valence-corrected chi connectivity index (χ0v) is 8.70. The summed E-state index contributed by atoms with van der Waals surface area (Å²) in [4.78, 5) is 0. The van der Waals surface area contributed by atoms with Crippen molar-refractivity contribution >= 4 is 6.08 Å². The first-order chi connectivity index (χ1) is 6.02. The fourth-order valence-corrected chi connectivity index (χ4v) is 1.03. The summed E-state index contributed by atoms with van der Waals surface area (Å²) in [5.74, 6) is 0. The second kappa shape index (κ2) is 3.75. The van der Waals surface area contributed by atoms with E-state index in [0.717, 1.165) is 5.56 Å². The third kappa shape index (κ3) is 2.18. The van der Waals surface area contributed by atoms with Crippen LogP contribution in [0.3, 0.4) is 0 Å². The van der Waals surface area contributed by atoms with E-state index in [-0.39, 0.29) is 6.04 Å². The lowest BCUT2D eigenvalue weighted by atomic mass is 10.1. The Morgan fingerprint density at radius 1 is 1.69 bits per heavy atom. The van der Waals surface area contributed by atoms with Crippen LogP contribution < -0.4 is 5.73 Å². The van der Waals surface area contributed by atoms with E-state index in [9.17, 15) is 0 Å². The lowest BCUT2D eigenvalue weighted by Crippen LogP contribution is -2.15. The summed E-state index contributed by atoms with van der Waals surface area (Å²) >= 11 is 0. The molecule has 0 saturated heterocycles. The summed E-state index contributed by atoms with van der Waals surface area (Å²) in [6.45, 7) is 6.07. The maximum atomic E-state index is 5.75. The van der Waals surface area contributed by atoms with Crippen molar-refractivity contribution in [2.75, 3.05) is 0 Å². The Balaban J connectivity index is 2.97. The molecular weight excluding hydrogens is 162 g/mol. The summed E-state index contributed by atoms with van der Waals surface area (Å²) in [6, 6.07) is 0.111. The average Bonchev–Trinajstić information content (AvgIpc) is 2.36. The first kappa shape index (κ1) is 9.99. The molecule has 13 heavy (non-hydrogen) atoms. The summed E-state index contributed by atoms with van der Waals surface area (Å²) in [5.41, 5.74) is 9.24. The van der Waals surface area contributed by atoms with E-state index in [1.54, 1.807) is 0 Å². The van der Waals surface area contributed by atoms with E-state index < -0.39 is 0 Å². The van der Waals surface area contributed by atoms with Gasteiger partial charge in [0.15, 0.2) is 0 Å². The van der Waals surface area contributed by atoms with Crippen molar-refractivity contribution in [2.24, 2.45) is 12.8 Å². The molecule has 1 unspecified atom stereocenters. The van der Waals surface area contributed by atoms with Gasteiger partial charge in [0.25, 0.3) is 0 Å². The van der Waals surface area contributed by atoms with Crippen LogP contribution in [0.2, 0.25) is 0 Å². The van der Waals surface area contributed by atoms with Crippen LogP contribution in [0.15, 0.2) is 11.8 Å². The Kier molecular flexibility index (Phi) is 2.88. The third-order valence-electron chi connectivity index (χ3n) is 2.37. The normalized spacial score (nSPS) is 14.7. The monoisotopic (exact) mass is 179 g/mol. The zero-order chi connectivity index (χ0) is 10.0. The zero-order valence-electron chi connectivity index (χ0n) is 8.70. The Bertz CT molecular complexity index is 321. The second-order valence-electron chi connectivity index (χ2n) is 3.49. The molecule has 0 aliphatic heterocycles. The molecule has 0 aliphatic carbocycles. The van der Waals surface area contributed by atoms with E-state index in [2.05, 4.69) is 11.2 Å². The SMILES string of the molecule is CC(=Cc1cnn(C)c1C)C(C)N. The molecule has 0 radical (unpaired) electrons. The maximum absolute atomic E-state index is 5.75. The molecule has 1 aromatic rings. The molecule has 0 aliphatic rings. The predicted octanol–water partition coefficient (Wildman–Crippen LogP) is 1.48. The van der Waals surface area contributed by atoms with Crippen molar-refractivity contribution < 1.29 is 0 Å². The fourth-order valence-electron chi connectivity index (χ4n) is 1.03. The number of aromatic nitrogens is 2. The van der Waals surface area contributed by atoms with Crippen LogP contribution in [0.4, 0.5) is 0 Å². The van der Waals surface area contributed by atoms with Gasteiger partial charge < -0.3 is 5.73 Å². The summed E-state index contributed by atoms with van der Waals surface area (Å²) in [7, 11) is 1.94. The summed E-state index contributed by atoms with van der Waals surface area (Å²) < 4.78 is 1.86. The first-order valence-electron chi connectivity index (χ1n) is 4.44. The molecule has 1 rings (SSSR count). The van der Waals surface area contributed by atoms with E-state index in [0.29, 0.717) is 0 Å². The van der Waals surface area contributed by atoms with Crippen molar-refractivity contribution in [1.82, 2.24) is 9.78 Å². The summed E-state index contributed by atoms with van der Waals surface area (Å²) in [6.07, 6.45) is 3.95. The standard InChI is InChI=1S/C10H17N3/c1-7(8(2)11)5-10-6-12-13(4)9(10)3/h5-6,8H,11H2,1-4H3. The molecule has 3 heteroatoms. The maximum Gasteiger partial charge on any atom is 0.0564 e. The number of hydrogen-bond acceptors (Lipinski definition) is 2. The van der Waals surface area contributed by atoms with Crippen LogP contribution in [0.25, 0.3) is 6.08 Å². The van der Waals surface area contributed by atoms with E-state index in [1.807, 2.05) is 38.7 Å². The van der Waals surface area contributed by atoms with Crippen molar-refractivity contribution in [1.29, 1.82) is 0 Å². The predicted molar refractivity (Wildman–Crippen MR) is 55.2 cm³/mol. The van der Waals surface area contributed by atoms with Gasteiger partial charge in [0.1, 0.15) is 0 Å². The molecule has 0 aromatic carbocycles. The second-order valence-corrected chi connectivity index (χ2v) is 3.49. The van der Waals surface area contributed by atoms with Crippen LogP contribution in [0.1, 0.15) is 25.1 Å². The highest BCUT2D eigenvalue weighted by Crippen LogP contribution is 2.11. The molecule has 3 nitrogen and oxygen atoms in total. The molecule has 2 N–H and O–H groups in total. The van der Waals surface area contributed by atoms with Crippen LogP contribution in [0.5, 0.6) is 0 Å². The summed E-state index contributed by atoms with van der Waals surface area (Å²) in [5, 5.41) is 4.16.